The summed E-state index contributed by atoms with van der Waals surface area (Å²) in [5.74, 6) is 0.796. The van der Waals surface area contributed by atoms with Gasteiger partial charge in [-0.15, -0.1) is 0 Å². The summed E-state index contributed by atoms with van der Waals surface area (Å²) in [6.45, 7) is 6.43. The van der Waals surface area contributed by atoms with Crippen molar-refractivity contribution in [2.24, 2.45) is 11.7 Å². The summed E-state index contributed by atoms with van der Waals surface area (Å²) in [6.07, 6.45) is 5.49. The van der Waals surface area contributed by atoms with Crippen LogP contribution in [0.1, 0.15) is 46.0 Å². The Balaban J connectivity index is 2.34. The third kappa shape index (κ3) is 4.94. The highest BCUT2D eigenvalue weighted by Crippen LogP contribution is 2.27. The highest BCUT2D eigenvalue weighted by molar-refractivity contribution is 5.72. The molecule has 1 aliphatic rings. The normalized spacial score (nSPS) is 24.6. The molecule has 1 aliphatic carbocycles. The lowest BCUT2D eigenvalue weighted by atomic mass is 9.86. The number of rotatable bonds is 6. The van der Waals surface area contributed by atoms with Crippen molar-refractivity contribution in [2.75, 3.05) is 19.8 Å². The summed E-state index contributed by atoms with van der Waals surface area (Å²) in [7, 11) is 0. The first kappa shape index (κ1) is 14.3. The zero-order valence-electron chi connectivity index (χ0n) is 11.2. The molecule has 4 nitrogen and oxygen atoms in total. The van der Waals surface area contributed by atoms with Gasteiger partial charge in [-0.1, -0.05) is 6.92 Å². The lowest BCUT2D eigenvalue weighted by molar-refractivity contribution is 0.117. The molecule has 0 bridgehead atoms. The van der Waals surface area contributed by atoms with Crippen LogP contribution in [-0.2, 0) is 4.74 Å². The number of hydrogen-bond donors (Lipinski definition) is 1. The quantitative estimate of drug-likeness (QED) is 0.727. The summed E-state index contributed by atoms with van der Waals surface area (Å²) in [6, 6.07) is 0.0754. The molecule has 1 saturated carbocycles. The van der Waals surface area contributed by atoms with Crippen LogP contribution in [0.3, 0.4) is 0 Å². The molecule has 100 valence electrons. The average molecular weight is 242 g/mol. The van der Waals surface area contributed by atoms with E-state index in [9.17, 15) is 4.79 Å². The molecule has 0 aromatic heterocycles. The number of ether oxygens (including phenoxy) is 1. The van der Waals surface area contributed by atoms with Crippen molar-refractivity contribution in [3.8, 4) is 0 Å². The van der Waals surface area contributed by atoms with E-state index < -0.39 is 0 Å². The first-order chi connectivity index (χ1) is 8.15. The Labute approximate surface area is 104 Å². The first-order valence-electron chi connectivity index (χ1n) is 6.79. The van der Waals surface area contributed by atoms with Crippen LogP contribution >= 0.6 is 0 Å². The van der Waals surface area contributed by atoms with Crippen LogP contribution < -0.4 is 5.73 Å². The van der Waals surface area contributed by atoms with Crippen molar-refractivity contribution in [3.05, 3.63) is 0 Å². The van der Waals surface area contributed by atoms with Gasteiger partial charge in [-0.05, 0) is 44.9 Å². The third-order valence-electron chi connectivity index (χ3n) is 3.60. The van der Waals surface area contributed by atoms with E-state index in [-0.39, 0.29) is 6.03 Å². The highest BCUT2D eigenvalue weighted by atomic mass is 16.5. The van der Waals surface area contributed by atoms with E-state index in [1.807, 2.05) is 11.8 Å². The minimum atomic E-state index is -0.277. The van der Waals surface area contributed by atoms with E-state index >= 15 is 0 Å². The van der Waals surface area contributed by atoms with Gasteiger partial charge in [0.05, 0.1) is 0 Å². The van der Waals surface area contributed by atoms with E-state index in [0.717, 1.165) is 38.3 Å². The van der Waals surface area contributed by atoms with Crippen LogP contribution in [0.4, 0.5) is 4.79 Å². The van der Waals surface area contributed by atoms with Crippen molar-refractivity contribution < 1.29 is 9.53 Å². The van der Waals surface area contributed by atoms with Gasteiger partial charge in [0.25, 0.3) is 0 Å². The van der Waals surface area contributed by atoms with Gasteiger partial charge in [0.1, 0.15) is 0 Å². The fraction of sp³-hybridized carbons (Fsp3) is 0.923. The predicted molar refractivity (Wildman–Crippen MR) is 68.8 cm³/mol. The zero-order valence-corrected chi connectivity index (χ0v) is 11.2. The van der Waals surface area contributed by atoms with E-state index in [1.165, 1.54) is 12.8 Å². The maximum Gasteiger partial charge on any atom is 0.315 e. The largest absolute Gasteiger partial charge is 0.382 e. The standard InChI is InChI=1S/C13H26N2O2/c1-3-17-10-4-9-15(13(14)16)12-7-5-11(2)6-8-12/h11-12H,3-10H2,1-2H3,(H2,14,16). The lowest BCUT2D eigenvalue weighted by Crippen LogP contribution is -2.45. The summed E-state index contributed by atoms with van der Waals surface area (Å²) < 4.78 is 5.29. The van der Waals surface area contributed by atoms with Crippen molar-refractivity contribution in [1.82, 2.24) is 4.90 Å². The Kier molecular flexibility index (Phi) is 6.34. The summed E-state index contributed by atoms with van der Waals surface area (Å²) in [4.78, 5) is 13.3. The Bertz CT molecular complexity index is 225. The molecule has 0 spiro atoms. The number of primary amides is 1. The Morgan fingerprint density at radius 2 is 2.00 bits per heavy atom. The molecule has 2 amide bonds. The molecule has 0 aliphatic heterocycles. The van der Waals surface area contributed by atoms with Crippen molar-refractivity contribution >= 4 is 6.03 Å². The minimum Gasteiger partial charge on any atom is -0.382 e. The van der Waals surface area contributed by atoms with Crippen LogP contribution in [0, 0.1) is 5.92 Å². The summed E-state index contributed by atoms with van der Waals surface area (Å²) in [5.41, 5.74) is 5.46. The number of carbonyl (C=O) groups is 1. The number of carbonyl (C=O) groups excluding carboxylic acids is 1. The molecule has 0 unspecified atom stereocenters. The van der Waals surface area contributed by atoms with Gasteiger partial charge in [-0.25, -0.2) is 4.79 Å². The number of nitrogens with two attached hydrogens (primary N) is 1. The van der Waals surface area contributed by atoms with Crippen molar-refractivity contribution in [2.45, 2.75) is 52.0 Å². The molecule has 1 rings (SSSR count). The van der Waals surface area contributed by atoms with Gasteiger partial charge in [-0.2, -0.15) is 0 Å². The van der Waals surface area contributed by atoms with Crippen LogP contribution in [0.5, 0.6) is 0 Å². The van der Waals surface area contributed by atoms with Gasteiger partial charge in [0.15, 0.2) is 0 Å². The molecular formula is C13H26N2O2. The first-order valence-corrected chi connectivity index (χ1v) is 6.79. The molecule has 2 N–H and O–H groups in total. The second-order valence-electron chi connectivity index (χ2n) is 5.00. The van der Waals surface area contributed by atoms with Crippen molar-refractivity contribution in [1.29, 1.82) is 0 Å². The molecule has 0 radical (unpaired) electrons. The molecule has 4 heteroatoms. The van der Waals surface area contributed by atoms with Gasteiger partial charge in [-0.3, -0.25) is 0 Å². The molecule has 0 saturated heterocycles. The number of amides is 2. The second-order valence-corrected chi connectivity index (χ2v) is 5.00. The van der Waals surface area contributed by atoms with E-state index in [4.69, 9.17) is 10.5 Å². The lowest BCUT2D eigenvalue weighted by Gasteiger charge is -2.35. The third-order valence-corrected chi connectivity index (χ3v) is 3.60. The fourth-order valence-corrected chi connectivity index (χ4v) is 2.51. The van der Waals surface area contributed by atoms with Gasteiger partial charge in [0, 0.05) is 25.8 Å². The monoisotopic (exact) mass is 242 g/mol. The van der Waals surface area contributed by atoms with E-state index in [0.29, 0.717) is 12.6 Å². The molecule has 17 heavy (non-hydrogen) atoms. The molecule has 0 heterocycles. The van der Waals surface area contributed by atoms with Crippen LogP contribution in [0.2, 0.25) is 0 Å². The Hall–Kier alpha value is -0.770. The summed E-state index contributed by atoms with van der Waals surface area (Å²) >= 11 is 0. The smallest absolute Gasteiger partial charge is 0.315 e. The maximum atomic E-state index is 11.5. The fourth-order valence-electron chi connectivity index (χ4n) is 2.51. The SMILES string of the molecule is CCOCCCN(C(N)=O)C1CCC(C)CC1. The Morgan fingerprint density at radius 3 is 2.53 bits per heavy atom. The number of hydrogen-bond acceptors (Lipinski definition) is 2. The van der Waals surface area contributed by atoms with Gasteiger partial charge in [0.2, 0.25) is 0 Å². The van der Waals surface area contributed by atoms with Crippen LogP contribution in [0.15, 0.2) is 0 Å². The highest BCUT2D eigenvalue weighted by Gasteiger charge is 2.25. The average Bonchev–Trinajstić information content (AvgIpc) is 2.30. The van der Waals surface area contributed by atoms with Gasteiger partial charge < -0.3 is 15.4 Å². The topological polar surface area (TPSA) is 55.6 Å². The molecule has 0 aromatic carbocycles. The Morgan fingerprint density at radius 1 is 1.35 bits per heavy atom. The minimum absolute atomic E-state index is 0.277. The molecule has 1 fully saturated rings. The molecule has 0 aromatic rings. The molecule has 0 atom stereocenters. The van der Waals surface area contributed by atoms with E-state index in [1.54, 1.807) is 0 Å². The molecular weight excluding hydrogens is 216 g/mol. The van der Waals surface area contributed by atoms with Crippen LogP contribution in [0.25, 0.3) is 0 Å². The number of nitrogens with zero attached hydrogens (tertiary/aromatic N) is 1. The van der Waals surface area contributed by atoms with Crippen LogP contribution in [-0.4, -0.2) is 36.7 Å². The second kappa shape index (κ2) is 7.54. The van der Waals surface area contributed by atoms with Gasteiger partial charge >= 0.3 is 6.03 Å². The zero-order chi connectivity index (χ0) is 12.7. The van der Waals surface area contributed by atoms with Crippen molar-refractivity contribution in [3.63, 3.8) is 0 Å². The van der Waals surface area contributed by atoms with E-state index in [2.05, 4.69) is 6.92 Å². The summed E-state index contributed by atoms with van der Waals surface area (Å²) in [5, 5.41) is 0. The predicted octanol–water partition coefficient (Wildman–Crippen LogP) is 2.37. The maximum absolute atomic E-state index is 11.5. The number of urea groups is 1.